The van der Waals surface area contributed by atoms with Gasteiger partial charge in [-0.05, 0) is 30.3 Å². The molecular formula is C15H11ClF3NO2. The molecule has 0 atom stereocenters. The van der Waals surface area contributed by atoms with Crippen molar-refractivity contribution in [2.24, 2.45) is 0 Å². The molecule has 0 saturated carbocycles. The van der Waals surface area contributed by atoms with Crippen molar-refractivity contribution in [3.8, 4) is 5.75 Å². The Hall–Kier alpha value is -2.21. The first kappa shape index (κ1) is 16.2. The van der Waals surface area contributed by atoms with Gasteiger partial charge in [0.15, 0.2) is 6.61 Å². The van der Waals surface area contributed by atoms with E-state index < -0.39 is 17.6 Å². The molecule has 1 amide bonds. The molecule has 7 heteroatoms. The first-order valence-electron chi connectivity index (χ1n) is 6.21. The van der Waals surface area contributed by atoms with Crippen molar-refractivity contribution < 1.29 is 22.7 Å². The molecule has 0 spiro atoms. The highest BCUT2D eigenvalue weighted by Crippen LogP contribution is 2.33. The number of rotatable bonds is 4. The second kappa shape index (κ2) is 6.70. The van der Waals surface area contributed by atoms with E-state index in [1.807, 2.05) is 0 Å². The number of benzene rings is 2. The fourth-order valence-corrected chi connectivity index (χ4v) is 1.87. The second-order valence-electron chi connectivity index (χ2n) is 4.34. The number of alkyl halides is 3. The summed E-state index contributed by atoms with van der Waals surface area (Å²) in [6.45, 7) is -0.276. The third kappa shape index (κ3) is 4.39. The molecule has 0 heterocycles. The lowest BCUT2D eigenvalue weighted by atomic mass is 10.2. The summed E-state index contributed by atoms with van der Waals surface area (Å²) >= 11 is 5.74. The Kier molecular flexibility index (Phi) is 4.92. The average Bonchev–Trinajstić information content (AvgIpc) is 2.47. The summed E-state index contributed by atoms with van der Waals surface area (Å²) in [5.41, 5.74) is -0.785. The molecule has 0 saturated heterocycles. The van der Waals surface area contributed by atoms with Gasteiger partial charge in [0.2, 0.25) is 0 Å². The van der Waals surface area contributed by atoms with Crippen LogP contribution in [0.4, 0.5) is 18.9 Å². The maximum atomic E-state index is 12.5. The van der Waals surface area contributed by atoms with E-state index in [1.54, 1.807) is 30.3 Å². The standard InChI is InChI=1S/C15H11ClF3NO2/c16-12-8-10(15(17,18)19)6-7-13(12)20-14(21)9-22-11-4-2-1-3-5-11/h1-8H,9H2,(H,20,21). The van der Waals surface area contributed by atoms with Gasteiger partial charge in [-0.1, -0.05) is 29.8 Å². The van der Waals surface area contributed by atoms with Gasteiger partial charge >= 0.3 is 6.18 Å². The van der Waals surface area contributed by atoms with Crippen molar-refractivity contribution >= 4 is 23.2 Å². The molecule has 0 aliphatic rings. The normalized spacial score (nSPS) is 11.1. The molecule has 0 unspecified atom stereocenters. The Balaban J connectivity index is 1.97. The second-order valence-corrected chi connectivity index (χ2v) is 4.75. The van der Waals surface area contributed by atoms with E-state index in [9.17, 15) is 18.0 Å². The smallest absolute Gasteiger partial charge is 0.416 e. The molecule has 2 rings (SSSR count). The van der Waals surface area contributed by atoms with Crippen molar-refractivity contribution in [2.75, 3.05) is 11.9 Å². The summed E-state index contributed by atoms with van der Waals surface area (Å²) in [5, 5.41) is 2.20. The zero-order valence-corrected chi connectivity index (χ0v) is 11.9. The van der Waals surface area contributed by atoms with E-state index in [0.29, 0.717) is 5.75 Å². The number of amides is 1. The van der Waals surface area contributed by atoms with E-state index in [2.05, 4.69) is 5.32 Å². The van der Waals surface area contributed by atoms with Crippen LogP contribution in [0.5, 0.6) is 5.75 Å². The Morgan fingerprint density at radius 2 is 1.82 bits per heavy atom. The van der Waals surface area contributed by atoms with Crippen LogP contribution < -0.4 is 10.1 Å². The summed E-state index contributed by atoms with van der Waals surface area (Å²) < 4.78 is 42.7. The summed E-state index contributed by atoms with van der Waals surface area (Å²) in [6.07, 6.45) is -4.48. The van der Waals surface area contributed by atoms with Crippen LogP contribution in [0.3, 0.4) is 0 Å². The first-order chi connectivity index (χ1) is 10.4. The lowest BCUT2D eigenvalue weighted by molar-refractivity contribution is -0.137. The van der Waals surface area contributed by atoms with Gasteiger partial charge in [-0.15, -0.1) is 0 Å². The molecule has 116 valence electrons. The van der Waals surface area contributed by atoms with Crippen LogP contribution in [0.2, 0.25) is 5.02 Å². The molecule has 0 radical (unpaired) electrons. The number of nitrogens with one attached hydrogen (secondary N) is 1. The fourth-order valence-electron chi connectivity index (χ4n) is 1.64. The first-order valence-corrected chi connectivity index (χ1v) is 6.58. The molecular weight excluding hydrogens is 319 g/mol. The molecule has 1 N–H and O–H groups in total. The van der Waals surface area contributed by atoms with Crippen LogP contribution in [-0.2, 0) is 11.0 Å². The Morgan fingerprint density at radius 1 is 1.14 bits per heavy atom. The Labute approximate surface area is 129 Å². The predicted molar refractivity (Wildman–Crippen MR) is 77.0 cm³/mol. The van der Waals surface area contributed by atoms with Gasteiger partial charge in [-0.3, -0.25) is 4.79 Å². The monoisotopic (exact) mass is 329 g/mol. The van der Waals surface area contributed by atoms with Crippen LogP contribution in [-0.4, -0.2) is 12.5 Å². The van der Waals surface area contributed by atoms with Gasteiger partial charge in [0.1, 0.15) is 5.75 Å². The summed E-state index contributed by atoms with van der Waals surface area (Å²) in [6, 6.07) is 11.4. The number of hydrogen-bond donors (Lipinski definition) is 1. The van der Waals surface area contributed by atoms with Gasteiger partial charge < -0.3 is 10.1 Å². The topological polar surface area (TPSA) is 38.3 Å². The summed E-state index contributed by atoms with van der Waals surface area (Å²) in [4.78, 5) is 11.7. The SMILES string of the molecule is O=C(COc1ccccc1)Nc1ccc(C(F)(F)F)cc1Cl. The van der Waals surface area contributed by atoms with E-state index >= 15 is 0 Å². The predicted octanol–water partition coefficient (Wildman–Crippen LogP) is 4.38. The minimum atomic E-state index is -4.48. The summed E-state index contributed by atoms with van der Waals surface area (Å²) in [7, 11) is 0. The molecule has 0 aromatic heterocycles. The van der Waals surface area contributed by atoms with Crippen LogP contribution in [0, 0.1) is 0 Å². The number of ether oxygens (including phenoxy) is 1. The van der Waals surface area contributed by atoms with E-state index in [4.69, 9.17) is 16.3 Å². The quantitative estimate of drug-likeness (QED) is 0.904. The molecule has 0 bridgehead atoms. The van der Waals surface area contributed by atoms with Gasteiger partial charge in [0.05, 0.1) is 16.3 Å². The van der Waals surface area contributed by atoms with Gasteiger partial charge in [-0.2, -0.15) is 13.2 Å². The lowest BCUT2D eigenvalue weighted by Crippen LogP contribution is -2.20. The highest BCUT2D eigenvalue weighted by molar-refractivity contribution is 6.33. The van der Waals surface area contributed by atoms with Gasteiger partial charge in [0.25, 0.3) is 5.91 Å². The number of halogens is 4. The number of hydrogen-bond acceptors (Lipinski definition) is 2. The molecule has 2 aromatic carbocycles. The van der Waals surface area contributed by atoms with Crippen molar-refractivity contribution in [1.29, 1.82) is 0 Å². The minimum Gasteiger partial charge on any atom is -0.484 e. The Morgan fingerprint density at radius 3 is 2.41 bits per heavy atom. The van der Waals surface area contributed by atoms with Crippen molar-refractivity contribution in [1.82, 2.24) is 0 Å². The number of carbonyl (C=O) groups is 1. The molecule has 0 aliphatic heterocycles. The average molecular weight is 330 g/mol. The third-order valence-electron chi connectivity index (χ3n) is 2.68. The maximum Gasteiger partial charge on any atom is 0.416 e. The van der Waals surface area contributed by atoms with Crippen LogP contribution in [0.25, 0.3) is 0 Å². The Bertz CT molecular complexity index is 660. The number of para-hydroxylation sites is 1. The lowest BCUT2D eigenvalue weighted by Gasteiger charge is -2.11. The van der Waals surface area contributed by atoms with Crippen molar-refractivity contribution in [3.63, 3.8) is 0 Å². The van der Waals surface area contributed by atoms with Crippen LogP contribution >= 0.6 is 11.6 Å². The van der Waals surface area contributed by atoms with Crippen LogP contribution in [0.1, 0.15) is 5.56 Å². The number of carbonyl (C=O) groups excluding carboxylic acids is 1. The molecule has 2 aromatic rings. The largest absolute Gasteiger partial charge is 0.484 e. The molecule has 0 aliphatic carbocycles. The molecule has 22 heavy (non-hydrogen) atoms. The highest BCUT2D eigenvalue weighted by atomic mass is 35.5. The van der Waals surface area contributed by atoms with E-state index in [0.717, 1.165) is 18.2 Å². The van der Waals surface area contributed by atoms with Crippen LogP contribution in [0.15, 0.2) is 48.5 Å². The van der Waals surface area contributed by atoms with E-state index in [-0.39, 0.29) is 17.3 Å². The zero-order valence-electron chi connectivity index (χ0n) is 11.2. The zero-order chi connectivity index (χ0) is 16.2. The minimum absolute atomic E-state index is 0.0938. The number of anilines is 1. The molecule has 3 nitrogen and oxygen atoms in total. The fraction of sp³-hybridized carbons (Fsp3) is 0.133. The summed E-state index contributed by atoms with van der Waals surface area (Å²) in [5.74, 6) is -0.0123. The van der Waals surface area contributed by atoms with Gasteiger partial charge in [0, 0.05) is 0 Å². The highest BCUT2D eigenvalue weighted by Gasteiger charge is 2.30. The van der Waals surface area contributed by atoms with Crippen molar-refractivity contribution in [3.05, 3.63) is 59.1 Å². The molecule has 0 fully saturated rings. The van der Waals surface area contributed by atoms with Gasteiger partial charge in [-0.25, -0.2) is 0 Å². The van der Waals surface area contributed by atoms with E-state index in [1.165, 1.54) is 0 Å². The third-order valence-corrected chi connectivity index (χ3v) is 3.00. The van der Waals surface area contributed by atoms with Crippen molar-refractivity contribution in [2.45, 2.75) is 6.18 Å². The maximum absolute atomic E-state index is 12.5.